The summed E-state index contributed by atoms with van der Waals surface area (Å²) in [6, 6.07) is 9.78. The zero-order valence-corrected chi connectivity index (χ0v) is 15.3. The van der Waals surface area contributed by atoms with E-state index >= 15 is 0 Å². The molecule has 3 aromatic rings. The molecule has 0 saturated carbocycles. The maximum atomic E-state index is 12.5. The highest BCUT2D eigenvalue weighted by molar-refractivity contribution is 7.89. The molecule has 0 radical (unpaired) electrons. The van der Waals surface area contributed by atoms with Crippen molar-refractivity contribution in [2.45, 2.75) is 25.2 Å². The molecule has 25 heavy (non-hydrogen) atoms. The second-order valence-electron chi connectivity index (χ2n) is 5.90. The van der Waals surface area contributed by atoms with Gasteiger partial charge in [-0.1, -0.05) is 18.2 Å². The smallest absolute Gasteiger partial charge is 0.244 e. The first-order valence-corrected chi connectivity index (χ1v) is 9.45. The van der Waals surface area contributed by atoms with Gasteiger partial charge in [0.2, 0.25) is 10.0 Å². The minimum absolute atomic E-state index is 0.259. The highest BCUT2D eigenvalue weighted by Gasteiger charge is 2.23. The van der Waals surface area contributed by atoms with Crippen LogP contribution in [0.3, 0.4) is 0 Å². The first-order valence-electron chi connectivity index (χ1n) is 7.97. The Labute approximate surface area is 147 Å². The van der Waals surface area contributed by atoms with Crippen molar-refractivity contribution in [2.24, 2.45) is 7.05 Å². The van der Waals surface area contributed by atoms with E-state index in [-0.39, 0.29) is 4.90 Å². The highest BCUT2D eigenvalue weighted by atomic mass is 32.2. The molecule has 0 aliphatic heterocycles. The van der Waals surface area contributed by atoms with Gasteiger partial charge in [0.05, 0.1) is 23.3 Å². The summed E-state index contributed by atoms with van der Waals surface area (Å²) in [5.74, 6) is 0. The van der Waals surface area contributed by atoms with Crippen LogP contribution in [0, 0.1) is 13.8 Å². The van der Waals surface area contributed by atoms with Crippen molar-refractivity contribution in [3.05, 3.63) is 59.7 Å². The topological polar surface area (TPSA) is 81.8 Å². The Morgan fingerprint density at radius 2 is 1.88 bits per heavy atom. The lowest BCUT2D eigenvalue weighted by Gasteiger charge is -2.06. The Bertz CT molecular complexity index is 974. The lowest BCUT2D eigenvalue weighted by atomic mass is 10.2. The van der Waals surface area contributed by atoms with E-state index in [1.54, 1.807) is 36.5 Å². The second kappa shape index (κ2) is 6.81. The molecule has 3 rings (SSSR count). The molecule has 0 bridgehead atoms. The van der Waals surface area contributed by atoms with Crippen LogP contribution in [0.25, 0.3) is 5.69 Å². The van der Waals surface area contributed by atoms with Crippen molar-refractivity contribution >= 4 is 10.0 Å². The van der Waals surface area contributed by atoms with Crippen LogP contribution in [-0.2, 0) is 23.5 Å². The molecule has 0 saturated heterocycles. The number of nitrogens with zero attached hydrogens (tertiary/aromatic N) is 4. The number of hydrogen-bond donors (Lipinski definition) is 1. The summed E-state index contributed by atoms with van der Waals surface area (Å²) in [7, 11) is -1.84. The van der Waals surface area contributed by atoms with Crippen LogP contribution in [-0.4, -0.2) is 34.5 Å². The average molecular weight is 359 g/mol. The number of aryl methyl sites for hydroxylation is 2. The predicted molar refractivity (Wildman–Crippen MR) is 95.1 cm³/mol. The van der Waals surface area contributed by atoms with E-state index in [4.69, 9.17) is 0 Å². The summed E-state index contributed by atoms with van der Waals surface area (Å²) >= 11 is 0. The molecule has 8 heteroatoms. The van der Waals surface area contributed by atoms with Crippen LogP contribution >= 0.6 is 0 Å². The van der Waals surface area contributed by atoms with E-state index in [0.717, 1.165) is 11.3 Å². The molecule has 132 valence electrons. The monoisotopic (exact) mass is 359 g/mol. The van der Waals surface area contributed by atoms with Gasteiger partial charge < -0.3 is 0 Å². The van der Waals surface area contributed by atoms with E-state index in [1.807, 2.05) is 36.5 Å². The van der Waals surface area contributed by atoms with Gasteiger partial charge in [-0.2, -0.15) is 10.2 Å². The third-order valence-corrected chi connectivity index (χ3v) is 5.79. The molecule has 0 atom stereocenters. The molecule has 0 unspecified atom stereocenters. The maximum absolute atomic E-state index is 12.5. The quantitative estimate of drug-likeness (QED) is 0.727. The minimum Gasteiger partial charge on any atom is -0.271 e. The molecular formula is C17H21N5O2S. The molecule has 7 nitrogen and oxygen atoms in total. The molecule has 2 aromatic heterocycles. The normalized spacial score (nSPS) is 11.8. The van der Waals surface area contributed by atoms with Crippen molar-refractivity contribution in [1.29, 1.82) is 0 Å². The van der Waals surface area contributed by atoms with Crippen molar-refractivity contribution < 1.29 is 8.42 Å². The Hall–Kier alpha value is -2.45. The average Bonchev–Trinajstić information content (AvgIpc) is 3.13. The van der Waals surface area contributed by atoms with Gasteiger partial charge in [-0.05, 0) is 38.0 Å². The van der Waals surface area contributed by atoms with E-state index in [9.17, 15) is 8.42 Å². The van der Waals surface area contributed by atoms with Crippen molar-refractivity contribution in [3.63, 3.8) is 0 Å². The van der Waals surface area contributed by atoms with E-state index in [2.05, 4.69) is 14.9 Å². The van der Waals surface area contributed by atoms with E-state index < -0.39 is 10.0 Å². The number of benzene rings is 1. The number of nitrogens with one attached hydrogen (secondary N) is 1. The standard InChI is InChI=1S/C17H21N5O2S/c1-13-17(14(2)21(3)20-13)25(23,24)19-10-9-15-11-18-22(12-15)16-7-5-4-6-8-16/h4-8,11-12,19H,9-10H2,1-3H3. The van der Waals surface area contributed by atoms with Crippen molar-refractivity contribution in [1.82, 2.24) is 24.3 Å². The fourth-order valence-electron chi connectivity index (χ4n) is 2.76. The molecule has 1 N–H and O–H groups in total. The lowest BCUT2D eigenvalue weighted by molar-refractivity contribution is 0.580. The fraction of sp³-hybridized carbons (Fsp3) is 0.294. The van der Waals surface area contributed by atoms with Crippen molar-refractivity contribution in [3.8, 4) is 5.69 Å². The molecule has 0 amide bonds. The molecule has 0 aliphatic carbocycles. The van der Waals surface area contributed by atoms with Crippen LogP contribution < -0.4 is 4.72 Å². The number of hydrogen-bond acceptors (Lipinski definition) is 4. The number of para-hydroxylation sites is 1. The third-order valence-electron chi connectivity index (χ3n) is 4.07. The highest BCUT2D eigenvalue weighted by Crippen LogP contribution is 2.18. The Balaban J connectivity index is 1.66. The molecule has 1 aromatic carbocycles. The zero-order valence-electron chi connectivity index (χ0n) is 14.5. The summed E-state index contributed by atoms with van der Waals surface area (Å²) in [6.07, 6.45) is 4.22. The van der Waals surface area contributed by atoms with Crippen LogP contribution in [0.5, 0.6) is 0 Å². The van der Waals surface area contributed by atoms with Gasteiger partial charge in [-0.3, -0.25) is 4.68 Å². The van der Waals surface area contributed by atoms with Crippen molar-refractivity contribution in [2.75, 3.05) is 6.54 Å². The SMILES string of the molecule is Cc1nn(C)c(C)c1S(=O)(=O)NCCc1cnn(-c2ccccc2)c1. The van der Waals surface area contributed by atoms with Crippen LogP contribution in [0.15, 0.2) is 47.6 Å². The summed E-state index contributed by atoms with van der Waals surface area (Å²) in [5.41, 5.74) is 3.06. The maximum Gasteiger partial charge on any atom is 0.244 e. The molecule has 2 heterocycles. The number of aromatic nitrogens is 4. The molecular weight excluding hydrogens is 338 g/mol. The van der Waals surface area contributed by atoms with Gasteiger partial charge in [0, 0.05) is 19.8 Å². The Morgan fingerprint density at radius 3 is 2.52 bits per heavy atom. The molecule has 0 fully saturated rings. The lowest BCUT2D eigenvalue weighted by Crippen LogP contribution is -2.26. The van der Waals surface area contributed by atoms with Crippen LogP contribution in [0.2, 0.25) is 0 Å². The summed E-state index contributed by atoms with van der Waals surface area (Å²) < 4.78 is 31.0. The van der Waals surface area contributed by atoms with Gasteiger partial charge in [0.25, 0.3) is 0 Å². The predicted octanol–water partition coefficient (Wildman–Crippen LogP) is 1.74. The van der Waals surface area contributed by atoms with E-state index in [1.165, 1.54) is 0 Å². The minimum atomic E-state index is -3.58. The Morgan fingerprint density at radius 1 is 1.16 bits per heavy atom. The van der Waals surface area contributed by atoms with Crippen LogP contribution in [0.4, 0.5) is 0 Å². The zero-order chi connectivity index (χ0) is 18.0. The fourth-order valence-corrected chi connectivity index (χ4v) is 4.22. The Kier molecular flexibility index (Phi) is 4.73. The summed E-state index contributed by atoms with van der Waals surface area (Å²) in [5, 5.41) is 8.48. The molecule has 0 aliphatic rings. The second-order valence-corrected chi connectivity index (χ2v) is 7.60. The number of rotatable bonds is 6. The first kappa shape index (κ1) is 17.4. The first-order chi connectivity index (χ1) is 11.9. The van der Waals surface area contributed by atoms with Gasteiger partial charge in [-0.25, -0.2) is 17.8 Å². The summed E-state index contributed by atoms with van der Waals surface area (Å²) in [4.78, 5) is 0.259. The molecule has 0 spiro atoms. The van der Waals surface area contributed by atoms with E-state index in [0.29, 0.717) is 24.4 Å². The van der Waals surface area contributed by atoms with Gasteiger partial charge >= 0.3 is 0 Å². The largest absolute Gasteiger partial charge is 0.271 e. The van der Waals surface area contributed by atoms with Crippen LogP contribution in [0.1, 0.15) is 17.0 Å². The number of sulfonamides is 1. The third kappa shape index (κ3) is 3.64. The van der Waals surface area contributed by atoms with Gasteiger partial charge in [-0.15, -0.1) is 0 Å². The van der Waals surface area contributed by atoms with Gasteiger partial charge in [0.15, 0.2) is 0 Å². The van der Waals surface area contributed by atoms with Gasteiger partial charge in [0.1, 0.15) is 4.90 Å². The summed E-state index contributed by atoms with van der Waals surface area (Å²) in [6.45, 7) is 3.75.